The highest BCUT2D eigenvalue weighted by atomic mass is 14.5. The molecule has 0 radical (unpaired) electrons. The molecule has 1 aliphatic rings. The van der Waals surface area contributed by atoms with E-state index >= 15 is 0 Å². The van der Waals surface area contributed by atoms with Crippen LogP contribution in [0.4, 0.5) is 0 Å². The van der Waals surface area contributed by atoms with E-state index in [9.17, 15) is 0 Å². The topological polar surface area (TPSA) is 0 Å². The Bertz CT molecular complexity index is 453. The van der Waals surface area contributed by atoms with Gasteiger partial charge in [-0.25, -0.2) is 0 Å². The molecule has 0 saturated heterocycles. The first kappa shape index (κ1) is 17.6. The fourth-order valence-corrected chi connectivity index (χ4v) is 4.44. The maximum atomic E-state index is 2.57. The van der Waals surface area contributed by atoms with Crippen LogP contribution >= 0.6 is 0 Å². The van der Waals surface area contributed by atoms with Gasteiger partial charge in [0.1, 0.15) is 0 Å². The van der Waals surface area contributed by atoms with Gasteiger partial charge in [-0.3, -0.25) is 0 Å². The lowest BCUT2D eigenvalue weighted by molar-refractivity contribution is 0.0735. The van der Waals surface area contributed by atoms with Gasteiger partial charge in [0, 0.05) is 0 Å². The van der Waals surface area contributed by atoms with Crippen molar-refractivity contribution in [2.24, 2.45) is 10.8 Å². The van der Waals surface area contributed by atoms with Crippen molar-refractivity contribution < 1.29 is 0 Å². The third-order valence-corrected chi connectivity index (χ3v) is 6.30. The molecule has 1 aromatic rings. The standard InChI is InChI=1S/C22H36/c1-20(2,3)15-9-10-16-21(4)17-11-12-18-22(21,5)19-13-7-6-8-14-19/h6-8,13-14H,9-12,15-18H2,1-5H3/t21-,22-/m1/s1. The molecule has 1 fully saturated rings. The van der Waals surface area contributed by atoms with Gasteiger partial charge in [-0.05, 0) is 47.5 Å². The van der Waals surface area contributed by atoms with Gasteiger partial charge < -0.3 is 0 Å². The van der Waals surface area contributed by atoms with Crippen LogP contribution in [0.1, 0.15) is 91.5 Å². The highest BCUT2D eigenvalue weighted by Gasteiger charge is 2.46. The van der Waals surface area contributed by atoms with Crippen molar-refractivity contribution in [1.29, 1.82) is 0 Å². The summed E-state index contributed by atoms with van der Waals surface area (Å²) in [5, 5.41) is 0. The van der Waals surface area contributed by atoms with Crippen molar-refractivity contribution in [3.8, 4) is 0 Å². The summed E-state index contributed by atoms with van der Waals surface area (Å²) in [6, 6.07) is 11.3. The minimum absolute atomic E-state index is 0.355. The molecule has 0 unspecified atom stereocenters. The van der Waals surface area contributed by atoms with Crippen LogP contribution in [-0.4, -0.2) is 0 Å². The third kappa shape index (κ3) is 3.94. The van der Waals surface area contributed by atoms with Crippen molar-refractivity contribution in [1.82, 2.24) is 0 Å². The quantitative estimate of drug-likeness (QED) is 0.507. The molecule has 1 aliphatic carbocycles. The fourth-order valence-electron chi connectivity index (χ4n) is 4.44. The van der Waals surface area contributed by atoms with E-state index in [1.807, 2.05) is 0 Å². The maximum absolute atomic E-state index is 2.57. The van der Waals surface area contributed by atoms with Gasteiger partial charge in [-0.2, -0.15) is 0 Å². The lowest BCUT2D eigenvalue weighted by Crippen LogP contribution is -2.44. The normalized spacial score (nSPS) is 29.5. The Kier molecular flexibility index (Phi) is 5.41. The summed E-state index contributed by atoms with van der Waals surface area (Å²) >= 11 is 0. The molecule has 0 N–H and O–H groups in total. The zero-order valence-electron chi connectivity index (χ0n) is 15.5. The number of benzene rings is 1. The van der Waals surface area contributed by atoms with Crippen LogP contribution in [0.5, 0.6) is 0 Å². The molecular formula is C22H36. The van der Waals surface area contributed by atoms with Crippen LogP contribution in [0.25, 0.3) is 0 Å². The average molecular weight is 301 g/mol. The van der Waals surface area contributed by atoms with E-state index in [-0.39, 0.29) is 0 Å². The van der Waals surface area contributed by atoms with Crippen LogP contribution in [0.15, 0.2) is 30.3 Å². The highest BCUT2D eigenvalue weighted by Crippen LogP contribution is 2.54. The summed E-state index contributed by atoms with van der Waals surface area (Å²) < 4.78 is 0. The number of rotatable bonds is 5. The van der Waals surface area contributed by atoms with E-state index in [1.165, 1.54) is 51.4 Å². The molecule has 0 bridgehead atoms. The molecule has 2 atom stereocenters. The molecule has 22 heavy (non-hydrogen) atoms. The molecule has 0 heteroatoms. The van der Waals surface area contributed by atoms with Crippen LogP contribution in [0.2, 0.25) is 0 Å². The summed E-state index contributed by atoms with van der Waals surface area (Å²) in [7, 11) is 0. The molecule has 0 amide bonds. The molecule has 0 spiro atoms. The van der Waals surface area contributed by atoms with E-state index in [0.717, 1.165) is 0 Å². The summed E-state index contributed by atoms with van der Waals surface area (Å²) in [5.41, 5.74) is 2.86. The minimum atomic E-state index is 0.355. The second-order valence-electron chi connectivity index (χ2n) is 9.23. The lowest BCUT2D eigenvalue weighted by Gasteiger charge is -2.51. The molecule has 1 aromatic carbocycles. The Morgan fingerprint density at radius 2 is 1.55 bits per heavy atom. The Morgan fingerprint density at radius 1 is 0.909 bits per heavy atom. The predicted molar refractivity (Wildman–Crippen MR) is 98.3 cm³/mol. The second-order valence-corrected chi connectivity index (χ2v) is 9.23. The first-order chi connectivity index (χ1) is 10.3. The van der Waals surface area contributed by atoms with Crippen LogP contribution in [-0.2, 0) is 5.41 Å². The number of hydrogen-bond donors (Lipinski definition) is 0. The monoisotopic (exact) mass is 300 g/mol. The van der Waals surface area contributed by atoms with Crippen molar-refractivity contribution in [3.63, 3.8) is 0 Å². The SMILES string of the molecule is CC(C)(C)CCCC[C@]1(C)CCCC[C@]1(C)c1ccccc1. The van der Waals surface area contributed by atoms with Gasteiger partial charge in [0.15, 0.2) is 0 Å². The minimum Gasteiger partial charge on any atom is -0.0622 e. The molecule has 0 aromatic heterocycles. The van der Waals surface area contributed by atoms with Gasteiger partial charge in [0.05, 0.1) is 0 Å². The van der Waals surface area contributed by atoms with E-state index in [2.05, 4.69) is 65.0 Å². The maximum Gasteiger partial charge on any atom is -0.00215 e. The van der Waals surface area contributed by atoms with E-state index < -0.39 is 0 Å². The molecule has 124 valence electrons. The first-order valence-corrected chi connectivity index (χ1v) is 9.32. The summed E-state index contributed by atoms with van der Waals surface area (Å²) in [4.78, 5) is 0. The van der Waals surface area contributed by atoms with Crippen molar-refractivity contribution in [2.75, 3.05) is 0 Å². The Balaban J connectivity index is 2.08. The van der Waals surface area contributed by atoms with Crippen molar-refractivity contribution in [2.45, 2.75) is 91.4 Å². The summed E-state index contributed by atoms with van der Waals surface area (Å²) in [6.45, 7) is 12.2. The van der Waals surface area contributed by atoms with Crippen molar-refractivity contribution >= 4 is 0 Å². The van der Waals surface area contributed by atoms with Gasteiger partial charge in [-0.15, -0.1) is 0 Å². The number of unbranched alkanes of at least 4 members (excludes halogenated alkanes) is 1. The fraction of sp³-hybridized carbons (Fsp3) is 0.727. The molecule has 0 aliphatic heterocycles. The molecular weight excluding hydrogens is 264 g/mol. The van der Waals surface area contributed by atoms with Gasteiger partial charge in [0.25, 0.3) is 0 Å². The van der Waals surface area contributed by atoms with E-state index in [4.69, 9.17) is 0 Å². The van der Waals surface area contributed by atoms with Crippen LogP contribution in [0.3, 0.4) is 0 Å². The highest BCUT2D eigenvalue weighted by molar-refractivity contribution is 5.28. The zero-order chi connectivity index (χ0) is 16.3. The smallest absolute Gasteiger partial charge is 0.00215 e. The van der Waals surface area contributed by atoms with Crippen LogP contribution in [0, 0.1) is 10.8 Å². The van der Waals surface area contributed by atoms with Crippen molar-refractivity contribution in [3.05, 3.63) is 35.9 Å². The lowest BCUT2D eigenvalue weighted by atomic mass is 9.53. The van der Waals surface area contributed by atoms with Gasteiger partial charge >= 0.3 is 0 Å². The van der Waals surface area contributed by atoms with Gasteiger partial charge in [0.2, 0.25) is 0 Å². The summed E-state index contributed by atoms with van der Waals surface area (Å²) in [5.74, 6) is 0. The average Bonchev–Trinajstić information content (AvgIpc) is 2.47. The largest absolute Gasteiger partial charge is 0.0622 e. The molecule has 0 nitrogen and oxygen atoms in total. The second kappa shape index (κ2) is 6.77. The first-order valence-electron chi connectivity index (χ1n) is 9.32. The molecule has 0 heterocycles. The molecule has 1 saturated carbocycles. The Hall–Kier alpha value is -0.780. The zero-order valence-corrected chi connectivity index (χ0v) is 15.5. The summed E-state index contributed by atoms with van der Waals surface area (Å²) in [6.07, 6.45) is 11.1. The third-order valence-electron chi connectivity index (χ3n) is 6.30. The van der Waals surface area contributed by atoms with Gasteiger partial charge in [-0.1, -0.05) is 90.6 Å². The predicted octanol–water partition coefficient (Wildman–Crippen LogP) is 7.13. The van der Waals surface area contributed by atoms with E-state index in [0.29, 0.717) is 16.2 Å². The van der Waals surface area contributed by atoms with E-state index in [1.54, 1.807) is 5.56 Å². The molecule has 2 rings (SSSR count). The number of hydrogen-bond acceptors (Lipinski definition) is 0. The Labute approximate surface area is 138 Å². The Morgan fingerprint density at radius 3 is 2.18 bits per heavy atom. The van der Waals surface area contributed by atoms with Crippen LogP contribution < -0.4 is 0 Å².